The summed E-state index contributed by atoms with van der Waals surface area (Å²) in [5.41, 5.74) is 1.21. The minimum Gasteiger partial charge on any atom is -0.444 e. The highest BCUT2D eigenvalue weighted by Gasteiger charge is 2.16. The van der Waals surface area contributed by atoms with E-state index in [1.54, 1.807) is 6.07 Å². The third kappa shape index (κ3) is 4.14. The lowest BCUT2D eigenvalue weighted by Gasteiger charge is -2.20. The van der Waals surface area contributed by atoms with E-state index in [0.717, 1.165) is 16.1 Å². The zero-order valence-corrected chi connectivity index (χ0v) is 10.9. The van der Waals surface area contributed by atoms with Crippen molar-refractivity contribution in [1.82, 2.24) is 0 Å². The average molecular weight is 239 g/mol. The van der Waals surface area contributed by atoms with Crippen LogP contribution < -0.4 is 5.32 Å². The van der Waals surface area contributed by atoms with E-state index in [9.17, 15) is 4.79 Å². The first-order chi connectivity index (χ1) is 7.28. The summed E-state index contributed by atoms with van der Waals surface area (Å²) in [5, 5.41) is 2.70. The van der Waals surface area contributed by atoms with Crippen molar-refractivity contribution >= 4 is 24.4 Å². The van der Waals surface area contributed by atoms with Gasteiger partial charge in [-0.25, -0.2) is 4.79 Å². The van der Waals surface area contributed by atoms with Crippen molar-refractivity contribution in [1.29, 1.82) is 0 Å². The Bertz CT molecular complexity index is 396. The van der Waals surface area contributed by atoms with Crippen molar-refractivity contribution < 1.29 is 9.53 Å². The number of thiol groups is 1. The quantitative estimate of drug-likeness (QED) is 0.734. The number of rotatable bonds is 1. The number of benzene rings is 1. The number of hydrogen-bond donors (Lipinski definition) is 2. The van der Waals surface area contributed by atoms with Gasteiger partial charge in [-0.3, -0.25) is 5.32 Å². The SMILES string of the molecule is Cc1ccc(S)cc1NC(=O)OC(C)(C)C. The lowest BCUT2D eigenvalue weighted by atomic mass is 10.2. The summed E-state index contributed by atoms with van der Waals surface area (Å²) in [7, 11) is 0. The van der Waals surface area contributed by atoms with Crippen molar-refractivity contribution in [2.24, 2.45) is 0 Å². The monoisotopic (exact) mass is 239 g/mol. The predicted octanol–water partition coefficient (Wildman–Crippen LogP) is 3.63. The van der Waals surface area contributed by atoms with Crippen LogP contribution in [0.1, 0.15) is 26.3 Å². The summed E-state index contributed by atoms with van der Waals surface area (Å²) >= 11 is 4.22. The number of ether oxygens (including phenoxy) is 1. The summed E-state index contributed by atoms with van der Waals surface area (Å²) in [4.78, 5) is 12.3. The molecule has 0 aliphatic heterocycles. The van der Waals surface area contributed by atoms with Crippen molar-refractivity contribution in [3.63, 3.8) is 0 Å². The molecular formula is C12H17NO2S. The van der Waals surface area contributed by atoms with Gasteiger partial charge in [0.15, 0.2) is 0 Å². The standard InChI is InChI=1S/C12H17NO2S/c1-8-5-6-9(16)7-10(8)13-11(14)15-12(2,3)4/h5-7,16H,1-4H3,(H,13,14). The Labute approximate surface area is 102 Å². The van der Waals surface area contributed by atoms with Crippen molar-refractivity contribution in [3.05, 3.63) is 23.8 Å². The molecule has 0 bridgehead atoms. The zero-order chi connectivity index (χ0) is 12.3. The van der Waals surface area contributed by atoms with Gasteiger partial charge in [0.05, 0.1) is 0 Å². The van der Waals surface area contributed by atoms with Crippen molar-refractivity contribution in [3.8, 4) is 0 Å². The smallest absolute Gasteiger partial charge is 0.412 e. The van der Waals surface area contributed by atoms with Gasteiger partial charge in [-0.05, 0) is 45.4 Å². The highest BCUT2D eigenvalue weighted by molar-refractivity contribution is 7.80. The van der Waals surface area contributed by atoms with Gasteiger partial charge < -0.3 is 4.74 Å². The molecule has 1 N–H and O–H groups in total. The number of carbonyl (C=O) groups excluding carboxylic acids is 1. The number of hydrogen-bond acceptors (Lipinski definition) is 3. The average Bonchev–Trinajstić information content (AvgIpc) is 2.08. The molecule has 0 aliphatic carbocycles. The lowest BCUT2D eigenvalue weighted by Crippen LogP contribution is -2.27. The summed E-state index contributed by atoms with van der Waals surface area (Å²) in [6, 6.07) is 5.57. The Kier molecular flexibility index (Phi) is 3.86. The van der Waals surface area contributed by atoms with Crippen LogP contribution in [0.15, 0.2) is 23.1 Å². The molecule has 1 amide bonds. The maximum Gasteiger partial charge on any atom is 0.412 e. The Hall–Kier alpha value is -1.16. The Morgan fingerprint density at radius 2 is 2.00 bits per heavy atom. The summed E-state index contributed by atoms with van der Waals surface area (Å²) < 4.78 is 5.16. The van der Waals surface area contributed by atoms with Gasteiger partial charge in [0.25, 0.3) is 0 Å². The van der Waals surface area contributed by atoms with Crippen LogP contribution in [0.25, 0.3) is 0 Å². The molecule has 16 heavy (non-hydrogen) atoms. The van der Waals surface area contributed by atoms with E-state index >= 15 is 0 Å². The second-order valence-corrected chi connectivity index (χ2v) is 5.14. The van der Waals surface area contributed by atoms with E-state index in [1.807, 2.05) is 39.8 Å². The van der Waals surface area contributed by atoms with Gasteiger partial charge >= 0.3 is 6.09 Å². The predicted molar refractivity (Wildman–Crippen MR) is 68.3 cm³/mol. The van der Waals surface area contributed by atoms with Crippen molar-refractivity contribution in [2.45, 2.75) is 38.2 Å². The van der Waals surface area contributed by atoms with Crippen LogP contribution in [0.3, 0.4) is 0 Å². The Morgan fingerprint density at radius 1 is 1.38 bits per heavy atom. The summed E-state index contributed by atoms with van der Waals surface area (Å²) in [6.45, 7) is 7.40. The van der Waals surface area contributed by atoms with Crippen LogP contribution in [0.5, 0.6) is 0 Å². The second kappa shape index (κ2) is 4.78. The first kappa shape index (κ1) is 12.9. The van der Waals surface area contributed by atoms with E-state index in [-0.39, 0.29) is 0 Å². The Balaban J connectivity index is 2.73. The number of carbonyl (C=O) groups is 1. The first-order valence-corrected chi connectivity index (χ1v) is 5.52. The number of anilines is 1. The fourth-order valence-electron chi connectivity index (χ4n) is 1.16. The third-order valence-corrected chi connectivity index (χ3v) is 2.13. The van der Waals surface area contributed by atoms with E-state index in [1.165, 1.54) is 0 Å². The fraction of sp³-hybridized carbons (Fsp3) is 0.417. The molecule has 0 unspecified atom stereocenters. The topological polar surface area (TPSA) is 38.3 Å². The molecule has 0 fully saturated rings. The van der Waals surface area contributed by atoms with Crippen LogP contribution in [0.2, 0.25) is 0 Å². The molecule has 3 nitrogen and oxygen atoms in total. The molecule has 0 atom stereocenters. The van der Waals surface area contributed by atoms with Crippen LogP contribution in [-0.2, 0) is 4.74 Å². The zero-order valence-electron chi connectivity index (χ0n) is 10.00. The van der Waals surface area contributed by atoms with Crippen LogP contribution in [0.4, 0.5) is 10.5 Å². The van der Waals surface area contributed by atoms with E-state index in [2.05, 4.69) is 17.9 Å². The molecule has 1 aromatic rings. The maximum atomic E-state index is 11.5. The number of amides is 1. The molecule has 0 radical (unpaired) electrons. The largest absolute Gasteiger partial charge is 0.444 e. The molecular weight excluding hydrogens is 222 g/mol. The van der Waals surface area contributed by atoms with Crippen LogP contribution in [-0.4, -0.2) is 11.7 Å². The highest BCUT2D eigenvalue weighted by atomic mass is 32.1. The van der Waals surface area contributed by atoms with Gasteiger partial charge in [-0.1, -0.05) is 6.07 Å². The van der Waals surface area contributed by atoms with Crippen LogP contribution in [0, 0.1) is 6.92 Å². The highest BCUT2D eigenvalue weighted by Crippen LogP contribution is 2.20. The molecule has 0 spiro atoms. The number of aryl methyl sites for hydroxylation is 1. The van der Waals surface area contributed by atoms with E-state index < -0.39 is 11.7 Å². The normalized spacial score (nSPS) is 11.1. The maximum absolute atomic E-state index is 11.5. The lowest BCUT2D eigenvalue weighted by molar-refractivity contribution is 0.0636. The molecule has 1 aromatic carbocycles. The van der Waals surface area contributed by atoms with Crippen LogP contribution >= 0.6 is 12.6 Å². The third-order valence-electron chi connectivity index (χ3n) is 1.86. The van der Waals surface area contributed by atoms with Gasteiger partial charge in [0.2, 0.25) is 0 Å². The molecule has 0 saturated heterocycles. The Morgan fingerprint density at radius 3 is 2.56 bits per heavy atom. The van der Waals surface area contributed by atoms with Crippen molar-refractivity contribution in [2.75, 3.05) is 5.32 Å². The molecule has 0 aromatic heterocycles. The minimum atomic E-state index is -0.490. The molecule has 88 valence electrons. The molecule has 4 heteroatoms. The number of nitrogens with one attached hydrogen (secondary N) is 1. The van der Waals surface area contributed by atoms with Gasteiger partial charge in [0, 0.05) is 10.6 Å². The van der Waals surface area contributed by atoms with E-state index in [4.69, 9.17) is 4.74 Å². The molecule has 1 rings (SSSR count). The van der Waals surface area contributed by atoms with Gasteiger partial charge in [-0.15, -0.1) is 12.6 Å². The first-order valence-electron chi connectivity index (χ1n) is 5.07. The molecule has 0 heterocycles. The van der Waals surface area contributed by atoms with Gasteiger partial charge in [-0.2, -0.15) is 0 Å². The molecule has 0 saturated carbocycles. The molecule has 0 aliphatic rings. The van der Waals surface area contributed by atoms with Gasteiger partial charge in [0.1, 0.15) is 5.60 Å². The van der Waals surface area contributed by atoms with E-state index in [0.29, 0.717) is 0 Å². The fourth-order valence-corrected chi connectivity index (χ4v) is 1.36. The second-order valence-electron chi connectivity index (χ2n) is 4.63. The summed E-state index contributed by atoms with van der Waals surface area (Å²) in [6.07, 6.45) is -0.450. The summed E-state index contributed by atoms with van der Waals surface area (Å²) in [5.74, 6) is 0. The minimum absolute atomic E-state index is 0.450.